The number of H-pyrrole nitrogens is 1. The van der Waals surface area contributed by atoms with E-state index in [0.717, 1.165) is 0 Å². The van der Waals surface area contributed by atoms with Crippen molar-refractivity contribution in [1.82, 2.24) is 20.2 Å². The molecule has 1 saturated heterocycles. The molecule has 1 aliphatic rings. The first kappa shape index (κ1) is 17.1. The first-order valence-corrected chi connectivity index (χ1v) is 8.56. The fourth-order valence-corrected chi connectivity index (χ4v) is 3.23. The number of likely N-dealkylation sites (tertiary alicyclic amines) is 1. The van der Waals surface area contributed by atoms with Gasteiger partial charge in [0.25, 0.3) is 5.56 Å². The zero-order valence-corrected chi connectivity index (χ0v) is 14.2. The molecule has 1 aliphatic heterocycles. The highest BCUT2D eigenvalue weighted by Crippen LogP contribution is 2.18. The van der Waals surface area contributed by atoms with Gasteiger partial charge in [0.2, 0.25) is 11.8 Å². The molecule has 1 aromatic heterocycles. The third-order valence-corrected chi connectivity index (χ3v) is 4.70. The van der Waals surface area contributed by atoms with Gasteiger partial charge in [0, 0.05) is 38.9 Å². The number of carbonyl (C=O) groups is 2. The Labute approximate surface area is 145 Å². The monoisotopic (exact) mass is 342 g/mol. The Balaban J connectivity index is 1.58. The number of nitrogens with zero attached hydrogens (tertiary/aromatic N) is 2. The van der Waals surface area contributed by atoms with E-state index in [0.29, 0.717) is 55.5 Å². The van der Waals surface area contributed by atoms with Crippen LogP contribution in [0.5, 0.6) is 0 Å². The summed E-state index contributed by atoms with van der Waals surface area (Å²) in [5, 5.41) is 3.21. The van der Waals surface area contributed by atoms with Crippen molar-refractivity contribution in [1.29, 1.82) is 0 Å². The quantitative estimate of drug-likeness (QED) is 0.861. The molecule has 0 atom stereocenters. The Bertz CT molecular complexity index is 838. The number of hydrogen-bond acceptors (Lipinski definition) is 4. The number of nitrogens with one attached hydrogen (secondary N) is 2. The van der Waals surface area contributed by atoms with Crippen LogP contribution in [-0.2, 0) is 16.0 Å². The first-order chi connectivity index (χ1) is 12.1. The summed E-state index contributed by atoms with van der Waals surface area (Å²) in [6.07, 6.45) is 2.08. The fraction of sp³-hybridized carbons (Fsp3) is 0.444. The summed E-state index contributed by atoms with van der Waals surface area (Å²) in [6, 6.07) is 7.15. The molecule has 0 saturated carbocycles. The Morgan fingerprint density at radius 3 is 2.72 bits per heavy atom. The molecule has 0 radical (unpaired) electrons. The lowest BCUT2D eigenvalue weighted by molar-refractivity contribution is -0.135. The molecular formula is C18H22N4O3. The number of fused-ring (bicyclic) bond motifs is 1. The molecule has 0 spiro atoms. The predicted molar refractivity (Wildman–Crippen MR) is 94.1 cm³/mol. The first-order valence-electron chi connectivity index (χ1n) is 8.56. The summed E-state index contributed by atoms with van der Waals surface area (Å²) >= 11 is 0. The van der Waals surface area contributed by atoms with Crippen molar-refractivity contribution in [3.8, 4) is 0 Å². The van der Waals surface area contributed by atoms with Gasteiger partial charge in [0.05, 0.1) is 10.9 Å². The lowest BCUT2D eigenvalue weighted by atomic mass is 9.96. The van der Waals surface area contributed by atoms with Gasteiger partial charge in [-0.05, 0) is 25.0 Å². The van der Waals surface area contributed by atoms with Gasteiger partial charge in [-0.3, -0.25) is 14.4 Å². The lowest BCUT2D eigenvalue weighted by Gasteiger charge is -2.31. The zero-order valence-electron chi connectivity index (χ0n) is 14.2. The molecule has 25 heavy (non-hydrogen) atoms. The maximum atomic E-state index is 12.4. The molecular weight excluding hydrogens is 320 g/mol. The molecule has 2 amide bonds. The molecule has 1 aromatic carbocycles. The van der Waals surface area contributed by atoms with E-state index in [9.17, 15) is 14.4 Å². The van der Waals surface area contributed by atoms with Crippen molar-refractivity contribution < 1.29 is 9.59 Å². The number of benzene rings is 1. The van der Waals surface area contributed by atoms with E-state index in [2.05, 4.69) is 15.3 Å². The number of para-hydroxylation sites is 1. The third kappa shape index (κ3) is 3.87. The summed E-state index contributed by atoms with van der Waals surface area (Å²) in [4.78, 5) is 45.0. The minimum atomic E-state index is -0.181. The van der Waals surface area contributed by atoms with Crippen LogP contribution in [0.15, 0.2) is 29.1 Å². The van der Waals surface area contributed by atoms with Gasteiger partial charge in [-0.2, -0.15) is 0 Å². The zero-order chi connectivity index (χ0) is 17.8. The van der Waals surface area contributed by atoms with E-state index in [4.69, 9.17) is 0 Å². The number of aromatic nitrogens is 2. The van der Waals surface area contributed by atoms with Gasteiger partial charge in [-0.25, -0.2) is 4.98 Å². The molecule has 132 valence electrons. The van der Waals surface area contributed by atoms with Crippen LogP contribution in [0, 0.1) is 5.92 Å². The van der Waals surface area contributed by atoms with Crippen LogP contribution in [0.25, 0.3) is 10.9 Å². The minimum absolute atomic E-state index is 0.00689. The molecule has 7 heteroatoms. The predicted octanol–water partition coefficient (Wildman–Crippen LogP) is 0.840. The van der Waals surface area contributed by atoms with E-state index in [-0.39, 0.29) is 23.3 Å². The molecule has 1 fully saturated rings. The third-order valence-electron chi connectivity index (χ3n) is 4.70. The van der Waals surface area contributed by atoms with Crippen LogP contribution < -0.4 is 10.9 Å². The Morgan fingerprint density at radius 2 is 2.00 bits per heavy atom. The molecule has 2 heterocycles. The number of hydrogen-bond donors (Lipinski definition) is 2. The molecule has 0 unspecified atom stereocenters. The number of piperidine rings is 1. The highest BCUT2D eigenvalue weighted by molar-refractivity contribution is 5.80. The average Bonchev–Trinajstić information content (AvgIpc) is 2.65. The molecule has 3 rings (SSSR count). The molecule has 2 N–H and O–H groups in total. The topological polar surface area (TPSA) is 95.2 Å². The van der Waals surface area contributed by atoms with Gasteiger partial charge in [-0.1, -0.05) is 12.1 Å². The van der Waals surface area contributed by atoms with Crippen LogP contribution >= 0.6 is 0 Å². The van der Waals surface area contributed by atoms with Crippen molar-refractivity contribution in [2.45, 2.75) is 25.7 Å². The molecule has 0 aliphatic carbocycles. The summed E-state index contributed by atoms with van der Waals surface area (Å²) in [5.41, 5.74) is 0.458. The summed E-state index contributed by atoms with van der Waals surface area (Å²) in [6.45, 7) is 1.19. The molecule has 7 nitrogen and oxygen atoms in total. The Morgan fingerprint density at radius 1 is 1.28 bits per heavy atom. The van der Waals surface area contributed by atoms with Crippen molar-refractivity contribution in [2.75, 3.05) is 20.1 Å². The minimum Gasteiger partial charge on any atom is -0.359 e. The van der Waals surface area contributed by atoms with E-state index >= 15 is 0 Å². The van der Waals surface area contributed by atoms with Crippen LogP contribution in [-0.4, -0.2) is 46.8 Å². The van der Waals surface area contributed by atoms with Gasteiger partial charge >= 0.3 is 0 Å². The Hall–Kier alpha value is -2.70. The highest BCUT2D eigenvalue weighted by atomic mass is 16.2. The van der Waals surface area contributed by atoms with Crippen LogP contribution in [0.4, 0.5) is 0 Å². The second kappa shape index (κ2) is 7.46. The standard InChI is InChI=1S/C18H22N4O3/c1-19-17(24)12-8-10-22(11-9-12)16(23)7-6-15-20-14-5-3-2-4-13(14)18(25)21-15/h2-5,12H,6-11H2,1H3,(H,19,24)(H,20,21,25). The highest BCUT2D eigenvalue weighted by Gasteiger charge is 2.26. The number of aryl methyl sites for hydroxylation is 1. The summed E-state index contributed by atoms with van der Waals surface area (Å²) in [5.74, 6) is 0.598. The van der Waals surface area contributed by atoms with Crippen molar-refractivity contribution in [3.63, 3.8) is 0 Å². The molecule has 0 bridgehead atoms. The van der Waals surface area contributed by atoms with Crippen molar-refractivity contribution in [3.05, 3.63) is 40.4 Å². The Kier molecular flexibility index (Phi) is 5.11. The smallest absolute Gasteiger partial charge is 0.258 e. The van der Waals surface area contributed by atoms with Gasteiger partial charge in [-0.15, -0.1) is 0 Å². The fourth-order valence-electron chi connectivity index (χ4n) is 3.23. The number of aromatic amines is 1. The number of rotatable bonds is 4. The van der Waals surface area contributed by atoms with E-state index in [1.165, 1.54) is 0 Å². The van der Waals surface area contributed by atoms with Gasteiger partial charge in [0.1, 0.15) is 5.82 Å². The van der Waals surface area contributed by atoms with Gasteiger partial charge in [0.15, 0.2) is 0 Å². The SMILES string of the molecule is CNC(=O)C1CCN(C(=O)CCc2nc3ccccc3c(=O)[nH]2)CC1. The van der Waals surface area contributed by atoms with Crippen LogP contribution in [0.2, 0.25) is 0 Å². The second-order valence-corrected chi connectivity index (χ2v) is 6.30. The van der Waals surface area contributed by atoms with E-state index in [1.54, 1.807) is 30.1 Å². The van der Waals surface area contributed by atoms with E-state index in [1.807, 2.05) is 6.07 Å². The van der Waals surface area contributed by atoms with Crippen molar-refractivity contribution in [2.24, 2.45) is 5.92 Å². The summed E-state index contributed by atoms with van der Waals surface area (Å²) in [7, 11) is 1.64. The maximum Gasteiger partial charge on any atom is 0.258 e. The second-order valence-electron chi connectivity index (χ2n) is 6.30. The van der Waals surface area contributed by atoms with Crippen LogP contribution in [0.1, 0.15) is 25.1 Å². The number of amides is 2. The maximum absolute atomic E-state index is 12.4. The largest absolute Gasteiger partial charge is 0.359 e. The van der Waals surface area contributed by atoms with Crippen LogP contribution in [0.3, 0.4) is 0 Å². The van der Waals surface area contributed by atoms with E-state index < -0.39 is 0 Å². The van der Waals surface area contributed by atoms with Crippen molar-refractivity contribution >= 4 is 22.7 Å². The lowest BCUT2D eigenvalue weighted by Crippen LogP contribution is -2.42. The normalized spacial score (nSPS) is 15.3. The summed E-state index contributed by atoms with van der Waals surface area (Å²) < 4.78 is 0. The average molecular weight is 342 g/mol. The molecule has 2 aromatic rings. The van der Waals surface area contributed by atoms with Gasteiger partial charge < -0.3 is 15.2 Å². The number of carbonyl (C=O) groups excluding carboxylic acids is 2.